The zero-order valence-electron chi connectivity index (χ0n) is 16.5. The second-order valence-corrected chi connectivity index (χ2v) is 7.87. The van der Waals surface area contributed by atoms with Crippen LogP contribution in [0.3, 0.4) is 0 Å². The summed E-state index contributed by atoms with van der Waals surface area (Å²) in [5, 5.41) is 24.1. The Labute approximate surface area is 190 Å². The Hall–Kier alpha value is -3.94. The number of nitriles is 1. The first-order chi connectivity index (χ1) is 15.2. The van der Waals surface area contributed by atoms with Crippen LogP contribution in [0.4, 0.5) is 11.4 Å². The Bertz CT molecular complexity index is 1330. The molecule has 2 aromatic carbocycles. The molecular formula is C21H14ClN5O4S. The Morgan fingerprint density at radius 1 is 1.28 bits per heavy atom. The van der Waals surface area contributed by atoms with Crippen LogP contribution < -0.4 is 10.9 Å². The van der Waals surface area contributed by atoms with Crippen molar-refractivity contribution in [3.8, 4) is 6.07 Å². The van der Waals surface area contributed by atoms with E-state index in [4.69, 9.17) is 11.6 Å². The van der Waals surface area contributed by atoms with Gasteiger partial charge in [0.1, 0.15) is 11.6 Å². The number of rotatable bonds is 6. The number of carbonyl (C=O) groups excluding carboxylic acids is 1. The fraction of sp³-hybridized carbons (Fsp3) is 0.0476. The zero-order chi connectivity index (χ0) is 23.3. The fourth-order valence-electron chi connectivity index (χ4n) is 2.59. The number of aromatic nitrogens is 2. The molecule has 3 aromatic rings. The third-order valence-corrected chi connectivity index (χ3v) is 5.26. The highest BCUT2D eigenvalue weighted by Gasteiger charge is 2.16. The van der Waals surface area contributed by atoms with Gasteiger partial charge in [0.2, 0.25) is 0 Å². The van der Waals surface area contributed by atoms with Gasteiger partial charge in [0.05, 0.1) is 4.92 Å². The lowest BCUT2D eigenvalue weighted by Crippen LogP contribution is -2.13. The number of halogens is 1. The minimum absolute atomic E-state index is 0.221. The minimum Gasteiger partial charge on any atom is -0.321 e. The molecule has 1 amide bonds. The fourth-order valence-corrected chi connectivity index (χ4v) is 3.64. The van der Waals surface area contributed by atoms with Gasteiger partial charge in [-0.2, -0.15) is 5.26 Å². The molecule has 0 aliphatic carbocycles. The summed E-state index contributed by atoms with van der Waals surface area (Å²) in [7, 11) is 0. The quantitative estimate of drug-likeness (QED) is 0.180. The average molecular weight is 468 g/mol. The van der Waals surface area contributed by atoms with Crippen molar-refractivity contribution in [1.82, 2.24) is 9.97 Å². The monoisotopic (exact) mass is 467 g/mol. The van der Waals surface area contributed by atoms with Crippen molar-refractivity contribution in [3.63, 3.8) is 0 Å². The number of nitrogens with zero attached hydrogens (tertiary/aromatic N) is 3. The first-order valence-electron chi connectivity index (χ1n) is 8.98. The lowest BCUT2D eigenvalue weighted by atomic mass is 10.1. The summed E-state index contributed by atoms with van der Waals surface area (Å²) in [6, 6.07) is 13.4. The van der Waals surface area contributed by atoms with E-state index in [-0.39, 0.29) is 27.5 Å². The molecule has 0 radical (unpaired) electrons. The van der Waals surface area contributed by atoms with Crippen LogP contribution in [-0.2, 0) is 4.79 Å². The molecule has 32 heavy (non-hydrogen) atoms. The maximum Gasteiger partial charge on any atom is 0.270 e. The molecule has 0 fully saturated rings. The number of amides is 1. The molecule has 1 aromatic heterocycles. The molecule has 3 rings (SSSR count). The highest BCUT2D eigenvalue weighted by molar-refractivity contribution is 7.99. The molecule has 0 aliphatic heterocycles. The molecule has 0 saturated heterocycles. The van der Waals surface area contributed by atoms with Crippen LogP contribution >= 0.6 is 23.4 Å². The molecular weight excluding hydrogens is 454 g/mol. The lowest BCUT2D eigenvalue weighted by molar-refractivity contribution is -0.384. The summed E-state index contributed by atoms with van der Waals surface area (Å²) < 4.78 is 0. The van der Waals surface area contributed by atoms with Gasteiger partial charge in [-0.15, -0.1) is 0 Å². The first kappa shape index (κ1) is 22.7. The topological polar surface area (TPSA) is 142 Å². The molecule has 0 aliphatic rings. The SMILES string of the molecule is Cc1cc(=O)[nH]c(Sc2ccc([N+](=O)[O-])cc2/C=C(\C#N)C(=O)Nc2ccc(Cl)cc2)n1. The van der Waals surface area contributed by atoms with Crippen molar-refractivity contribution in [2.75, 3.05) is 5.32 Å². The van der Waals surface area contributed by atoms with E-state index in [1.54, 1.807) is 31.2 Å². The van der Waals surface area contributed by atoms with Crippen LogP contribution in [0, 0.1) is 28.4 Å². The van der Waals surface area contributed by atoms with Crippen LogP contribution in [0.2, 0.25) is 5.02 Å². The third-order valence-electron chi connectivity index (χ3n) is 4.03. The number of non-ortho nitro benzene ring substituents is 1. The van der Waals surface area contributed by atoms with Crippen LogP contribution in [0.25, 0.3) is 6.08 Å². The van der Waals surface area contributed by atoms with Crippen LogP contribution in [0.15, 0.2) is 69.0 Å². The molecule has 0 saturated carbocycles. The van der Waals surface area contributed by atoms with E-state index >= 15 is 0 Å². The number of hydrogen-bond donors (Lipinski definition) is 2. The largest absolute Gasteiger partial charge is 0.321 e. The molecule has 0 atom stereocenters. The number of nitrogens with one attached hydrogen (secondary N) is 2. The van der Waals surface area contributed by atoms with E-state index in [1.165, 1.54) is 30.3 Å². The second kappa shape index (κ2) is 9.91. The number of hydrogen-bond acceptors (Lipinski definition) is 7. The average Bonchev–Trinajstić information content (AvgIpc) is 2.73. The van der Waals surface area contributed by atoms with Gasteiger partial charge in [0, 0.05) is 39.5 Å². The Balaban J connectivity index is 1.99. The smallest absolute Gasteiger partial charge is 0.270 e. The van der Waals surface area contributed by atoms with Gasteiger partial charge in [0.15, 0.2) is 5.16 Å². The summed E-state index contributed by atoms with van der Waals surface area (Å²) in [6.45, 7) is 1.66. The summed E-state index contributed by atoms with van der Waals surface area (Å²) in [5.74, 6) is -0.695. The van der Waals surface area contributed by atoms with Crippen molar-refractivity contribution >= 4 is 46.7 Å². The van der Waals surface area contributed by atoms with Gasteiger partial charge in [-0.25, -0.2) is 4.98 Å². The second-order valence-electron chi connectivity index (χ2n) is 6.40. The number of aromatic amines is 1. The van der Waals surface area contributed by atoms with E-state index in [1.807, 2.05) is 6.07 Å². The molecule has 9 nitrogen and oxygen atoms in total. The Morgan fingerprint density at radius 3 is 2.62 bits per heavy atom. The number of benzene rings is 2. The third kappa shape index (κ3) is 5.81. The van der Waals surface area contributed by atoms with E-state index < -0.39 is 10.8 Å². The Kier molecular flexibility index (Phi) is 7.04. The molecule has 11 heteroatoms. The Morgan fingerprint density at radius 2 is 2.00 bits per heavy atom. The van der Waals surface area contributed by atoms with Crippen molar-refractivity contribution in [3.05, 3.63) is 90.9 Å². The van der Waals surface area contributed by atoms with E-state index in [0.29, 0.717) is 21.3 Å². The van der Waals surface area contributed by atoms with Gasteiger partial charge in [0.25, 0.3) is 17.2 Å². The minimum atomic E-state index is -0.695. The number of aryl methyl sites for hydroxylation is 1. The van der Waals surface area contributed by atoms with Gasteiger partial charge < -0.3 is 10.3 Å². The maximum atomic E-state index is 12.6. The van der Waals surface area contributed by atoms with E-state index in [0.717, 1.165) is 11.8 Å². The van der Waals surface area contributed by atoms with Gasteiger partial charge in [-0.1, -0.05) is 23.4 Å². The van der Waals surface area contributed by atoms with Crippen molar-refractivity contribution < 1.29 is 9.72 Å². The molecule has 2 N–H and O–H groups in total. The van der Waals surface area contributed by atoms with Crippen LogP contribution in [0.5, 0.6) is 0 Å². The molecule has 0 unspecified atom stereocenters. The van der Waals surface area contributed by atoms with E-state index in [9.17, 15) is 25.0 Å². The zero-order valence-corrected chi connectivity index (χ0v) is 18.0. The molecule has 0 bridgehead atoms. The summed E-state index contributed by atoms with van der Waals surface area (Å²) >= 11 is 6.87. The maximum absolute atomic E-state index is 12.6. The van der Waals surface area contributed by atoms with Gasteiger partial charge in [-0.05, 0) is 48.9 Å². The number of nitro groups is 1. The number of nitro benzene ring substituents is 1. The van der Waals surface area contributed by atoms with E-state index in [2.05, 4.69) is 15.3 Å². The first-order valence-corrected chi connectivity index (χ1v) is 10.2. The van der Waals surface area contributed by atoms with Crippen molar-refractivity contribution in [2.24, 2.45) is 0 Å². The lowest BCUT2D eigenvalue weighted by Gasteiger charge is -2.08. The normalized spacial score (nSPS) is 11.0. The van der Waals surface area contributed by atoms with Gasteiger partial charge in [-0.3, -0.25) is 19.7 Å². The predicted molar refractivity (Wildman–Crippen MR) is 120 cm³/mol. The van der Waals surface area contributed by atoms with Crippen LogP contribution in [0.1, 0.15) is 11.3 Å². The van der Waals surface area contributed by atoms with Crippen molar-refractivity contribution in [2.45, 2.75) is 17.0 Å². The summed E-state index contributed by atoms with van der Waals surface area (Å²) in [6.07, 6.45) is 1.24. The standard InChI is InChI=1S/C21H14ClN5O4S/c1-12-8-19(28)26-21(24-12)32-18-7-6-17(27(30)31)10-13(18)9-14(11-23)20(29)25-16-4-2-15(22)3-5-16/h2-10H,1H3,(H,25,29)(H,24,26,28)/b14-9+. The number of H-pyrrole nitrogens is 1. The van der Waals surface area contributed by atoms with Crippen molar-refractivity contribution in [1.29, 1.82) is 5.26 Å². The highest BCUT2D eigenvalue weighted by Crippen LogP contribution is 2.32. The van der Waals surface area contributed by atoms with Crippen LogP contribution in [-0.4, -0.2) is 20.8 Å². The molecule has 160 valence electrons. The number of anilines is 1. The molecule has 0 spiro atoms. The summed E-state index contributed by atoms with van der Waals surface area (Å²) in [4.78, 5) is 42.2. The highest BCUT2D eigenvalue weighted by atomic mass is 35.5. The predicted octanol–water partition coefficient (Wildman–Crippen LogP) is 4.34. The summed E-state index contributed by atoms with van der Waals surface area (Å²) in [5.41, 5.74) is 0.330. The van der Waals surface area contributed by atoms with Gasteiger partial charge >= 0.3 is 0 Å². The molecule has 1 heterocycles. The number of carbonyl (C=O) groups is 1.